The predicted molar refractivity (Wildman–Crippen MR) is 95.0 cm³/mol. The van der Waals surface area contributed by atoms with Crippen LogP contribution in [0.3, 0.4) is 0 Å². The van der Waals surface area contributed by atoms with Gasteiger partial charge in [0.15, 0.2) is 0 Å². The van der Waals surface area contributed by atoms with Crippen molar-refractivity contribution in [2.24, 2.45) is 0 Å². The highest BCUT2D eigenvalue weighted by Gasteiger charge is 2.27. The number of nitrogens with zero attached hydrogens (tertiary/aromatic N) is 3. The molecule has 0 N–H and O–H groups in total. The molecule has 134 valence electrons. The molecule has 2 aromatic rings. The van der Waals surface area contributed by atoms with Gasteiger partial charge in [-0.05, 0) is 37.5 Å². The van der Waals surface area contributed by atoms with E-state index in [4.69, 9.17) is 9.47 Å². The molecule has 1 aliphatic heterocycles. The zero-order valence-electron chi connectivity index (χ0n) is 14.9. The van der Waals surface area contributed by atoms with E-state index < -0.39 is 0 Å². The van der Waals surface area contributed by atoms with Gasteiger partial charge in [0.25, 0.3) is 5.91 Å². The molecule has 6 heteroatoms. The Morgan fingerprint density at radius 3 is 2.92 bits per heavy atom. The first-order valence-electron chi connectivity index (χ1n) is 8.70. The topological polar surface area (TPSA) is 56.6 Å². The maximum absolute atomic E-state index is 13.0. The molecule has 1 fully saturated rings. The summed E-state index contributed by atoms with van der Waals surface area (Å²) in [4.78, 5) is 14.9. The van der Waals surface area contributed by atoms with Crippen LogP contribution in [-0.4, -0.2) is 54.0 Å². The summed E-state index contributed by atoms with van der Waals surface area (Å²) in [5.74, 6) is 0.628. The van der Waals surface area contributed by atoms with E-state index in [2.05, 4.69) is 5.10 Å². The highest BCUT2D eigenvalue weighted by atomic mass is 16.5. The molecule has 1 unspecified atom stereocenters. The molecule has 1 aliphatic rings. The largest absolute Gasteiger partial charge is 0.490 e. The molecule has 1 aromatic heterocycles. The molecular weight excluding hydrogens is 318 g/mol. The third-order valence-corrected chi connectivity index (χ3v) is 4.45. The lowest BCUT2D eigenvalue weighted by atomic mass is 10.0. The number of piperidine rings is 1. The lowest BCUT2D eigenvalue weighted by Gasteiger charge is -2.33. The summed E-state index contributed by atoms with van der Waals surface area (Å²) in [6.45, 7) is 4.39. The number of hydrogen-bond acceptors (Lipinski definition) is 4. The maximum Gasteiger partial charge on any atom is 0.257 e. The Kier molecular flexibility index (Phi) is 5.71. The second-order valence-electron chi connectivity index (χ2n) is 6.38. The minimum absolute atomic E-state index is 0.0154. The Balaban J connectivity index is 1.72. The highest BCUT2D eigenvalue weighted by molar-refractivity contribution is 5.97. The molecule has 0 spiro atoms. The fourth-order valence-corrected chi connectivity index (χ4v) is 3.16. The second-order valence-corrected chi connectivity index (χ2v) is 6.38. The number of benzene rings is 1. The summed E-state index contributed by atoms with van der Waals surface area (Å²) < 4.78 is 12.7. The van der Waals surface area contributed by atoms with Gasteiger partial charge in [-0.3, -0.25) is 9.48 Å². The van der Waals surface area contributed by atoms with Crippen molar-refractivity contribution in [3.63, 3.8) is 0 Å². The van der Waals surface area contributed by atoms with Crippen molar-refractivity contribution in [3.8, 4) is 5.75 Å². The number of rotatable bonds is 6. The number of aromatic nitrogens is 2. The lowest BCUT2D eigenvalue weighted by Crippen LogP contribution is -2.41. The second kappa shape index (κ2) is 8.16. The SMILES string of the molecule is COCCOc1ccccc1C(=O)N1CCCC(n2cc(C)cn2)C1. The van der Waals surface area contributed by atoms with Crippen molar-refractivity contribution >= 4 is 5.91 Å². The smallest absolute Gasteiger partial charge is 0.257 e. The Bertz CT molecular complexity index is 713. The molecule has 3 rings (SSSR count). The van der Waals surface area contributed by atoms with Gasteiger partial charge in [0.2, 0.25) is 0 Å². The van der Waals surface area contributed by atoms with Crippen LogP contribution >= 0.6 is 0 Å². The third kappa shape index (κ3) is 4.20. The van der Waals surface area contributed by atoms with Gasteiger partial charge in [0, 0.05) is 26.4 Å². The third-order valence-electron chi connectivity index (χ3n) is 4.45. The van der Waals surface area contributed by atoms with E-state index in [1.165, 1.54) is 0 Å². The Labute approximate surface area is 148 Å². The van der Waals surface area contributed by atoms with Crippen LogP contribution in [-0.2, 0) is 4.74 Å². The quantitative estimate of drug-likeness (QED) is 0.757. The summed E-state index contributed by atoms with van der Waals surface area (Å²) in [6, 6.07) is 7.64. The zero-order chi connectivity index (χ0) is 17.6. The number of amides is 1. The predicted octanol–water partition coefficient (Wildman–Crippen LogP) is 2.69. The molecular formula is C19H25N3O3. The van der Waals surface area contributed by atoms with Crippen molar-refractivity contribution in [2.45, 2.75) is 25.8 Å². The standard InChI is InChI=1S/C19H25N3O3/c1-15-12-20-22(13-15)16-6-5-9-21(14-16)19(23)17-7-3-4-8-18(17)25-11-10-24-2/h3-4,7-8,12-13,16H,5-6,9-11,14H2,1-2H3. The van der Waals surface area contributed by atoms with Crippen LogP contribution < -0.4 is 4.74 Å². The molecule has 1 aromatic carbocycles. The normalized spacial score (nSPS) is 17.5. The summed E-state index contributed by atoms with van der Waals surface area (Å²) in [7, 11) is 1.63. The summed E-state index contributed by atoms with van der Waals surface area (Å²) in [5.41, 5.74) is 1.75. The first-order valence-corrected chi connectivity index (χ1v) is 8.70. The van der Waals surface area contributed by atoms with Crippen molar-refractivity contribution in [2.75, 3.05) is 33.4 Å². The van der Waals surface area contributed by atoms with Crippen LogP contribution in [0.1, 0.15) is 34.8 Å². The molecule has 1 saturated heterocycles. The number of carbonyl (C=O) groups is 1. The number of likely N-dealkylation sites (tertiary alicyclic amines) is 1. The average Bonchev–Trinajstić information content (AvgIpc) is 3.08. The van der Waals surface area contributed by atoms with Gasteiger partial charge in [-0.15, -0.1) is 0 Å². The van der Waals surface area contributed by atoms with Gasteiger partial charge in [0.1, 0.15) is 12.4 Å². The van der Waals surface area contributed by atoms with Crippen molar-refractivity contribution < 1.29 is 14.3 Å². The Morgan fingerprint density at radius 2 is 2.16 bits per heavy atom. The van der Waals surface area contributed by atoms with Gasteiger partial charge in [-0.25, -0.2) is 0 Å². The minimum Gasteiger partial charge on any atom is -0.490 e. The molecule has 0 aliphatic carbocycles. The monoisotopic (exact) mass is 343 g/mol. The summed E-state index contributed by atoms with van der Waals surface area (Å²) in [6.07, 6.45) is 5.92. The molecule has 1 atom stereocenters. The summed E-state index contributed by atoms with van der Waals surface area (Å²) in [5, 5.41) is 4.41. The maximum atomic E-state index is 13.0. The van der Waals surface area contributed by atoms with Gasteiger partial charge in [-0.1, -0.05) is 12.1 Å². The van der Waals surface area contributed by atoms with E-state index in [1.807, 2.05) is 53.2 Å². The van der Waals surface area contributed by atoms with E-state index >= 15 is 0 Å². The van der Waals surface area contributed by atoms with Gasteiger partial charge >= 0.3 is 0 Å². The molecule has 1 amide bonds. The highest BCUT2D eigenvalue weighted by Crippen LogP contribution is 2.25. The van der Waals surface area contributed by atoms with Crippen LogP contribution in [0.25, 0.3) is 0 Å². The van der Waals surface area contributed by atoms with Gasteiger partial charge < -0.3 is 14.4 Å². The Morgan fingerprint density at radius 1 is 1.32 bits per heavy atom. The van der Waals surface area contributed by atoms with E-state index in [0.29, 0.717) is 31.1 Å². The number of aryl methyl sites for hydroxylation is 1. The number of carbonyl (C=O) groups excluding carboxylic acids is 1. The number of ether oxygens (including phenoxy) is 2. The average molecular weight is 343 g/mol. The van der Waals surface area contributed by atoms with Crippen LogP contribution in [0, 0.1) is 6.92 Å². The van der Waals surface area contributed by atoms with Crippen LogP contribution in [0.5, 0.6) is 5.75 Å². The van der Waals surface area contributed by atoms with Crippen LogP contribution in [0.2, 0.25) is 0 Å². The molecule has 0 saturated carbocycles. The van der Waals surface area contributed by atoms with E-state index in [1.54, 1.807) is 7.11 Å². The first kappa shape index (κ1) is 17.5. The van der Waals surface area contributed by atoms with Crippen LogP contribution in [0.4, 0.5) is 0 Å². The molecule has 0 radical (unpaired) electrons. The first-order chi connectivity index (χ1) is 12.2. The molecule has 0 bridgehead atoms. The fourth-order valence-electron chi connectivity index (χ4n) is 3.16. The van der Waals surface area contributed by atoms with Gasteiger partial charge in [-0.2, -0.15) is 5.10 Å². The fraction of sp³-hybridized carbons (Fsp3) is 0.474. The van der Waals surface area contributed by atoms with Crippen molar-refractivity contribution in [1.29, 1.82) is 0 Å². The number of hydrogen-bond donors (Lipinski definition) is 0. The van der Waals surface area contributed by atoms with Crippen molar-refractivity contribution in [1.82, 2.24) is 14.7 Å². The zero-order valence-corrected chi connectivity index (χ0v) is 14.9. The minimum atomic E-state index is 0.0154. The van der Waals surface area contributed by atoms with E-state index in [-0.39, 0.29) is 11.9 Å². The van der Waals surface area contributed by atoms with E-state index in [9.17, 15) is 4.79 Å². The van der Waals surface area contributed by atoms with Gasteiger partial charge in [0.05, 0.1) is 24.4 Å². The molecule has 6 nitrogen and oxygen atoms in total. The lowest BCUT2D eigenvalue weighted by molar-refractivity contribution is 0.0666. The molecule has 25 heavy (non-hydrogen) atoms. The number of para-hydroxylation sites is 1. The molecule has 2 heterocycles. The van der Waals surface area contributed by atoms with Crippen LogP contribution in [0.15, 0.2) is 36.7 Å². The van der Waals surface area contributed by atoms with E-state index in [0.717, 1.165) is 24.9 Å². The number of methoxy groups -OCH3 is 1. The summed E-state index contributed by atoms with van der Waals surface area (Å²) >= 11 is 0. The van der Waals surface area contributed by atoms with Crippen molar-refractivity contribution in [3.05, 3.63) is 47.8 Å². The Hall–Kier alpha value is -2.34.